The minimum absolute atomic E-state index is 0.191. The summed E-state index contributed by atoms with van der Waals surface area (Å²) in [6.45, 7) is 1.41. The number of fused-ring (bicyclic) bond motifs is 1. The molecule has 4 nitrogen and oxygen atoms in total. The number of hydrogen-bond acceptors (Lipinski definition) is 2. The summed E-state index contributed by atoms with van der Waals surface area (Å²) in [5, 5.41) is 3.08. The number of para-hydroxylation sites is 2. The van der Waals surface area contributed by atoms with Gasteiger partial charge in [-0.1, -0.05) is 55.7 Å². The van der Waals surface area contributed by atoms with Crippen LogP contribution in [0.15, 0.2) is 54.9 Å². The van der Waals surface area contributed by atoms with Crippen LogP contribution in [0.3, 0.4) is 0 Å². The van der Waals surface area contributed by atoms with Crippen molar-refractivity contribution in [3.8, 4) is 0 Å². The summed E-state index contributed by atoms with van der Waals surface area (Å²) in [6, 6.07) is 16.7. The Labute approximate surface area is 160 Å². The number of imidazole rings is 1. The van der Waals surface area contributed by atoms with E-state index in [1.165, 1.54) is 37.7 Å². The van der Waals surface area contributed by atoms with Crippen LogP contribution in [0.5, 0.6) is 0 Å². The molecule has 27 heavy (non-hydrogen) atoms. The molecule has 1 heterocycles. The minimum atomic E-state index is 0.191. The van der Waals surface area contributed by atoms with E-state index in [1.807, 2.05) is 24.5 Å². The lowest BCUT2D eigenvalue weighted by molar-refractivity contribution is -0.122. The number of carbonyl (C=O) groups excluding carboxylic acids is 1. The fourth-order valence-corrected chi connectivity index (χ4v) is 4.02. The molecule has 0 atom stereocenters. The third-order valence-corrected chi connectivity index (χ3v) is 5.59. The Hall–Kier alpha value is -2.62. The Morgan fingerprint density at radius 2 is 1.74 bits per heavy atom. The van der Waals surface area contributed by atoms with Gasteiger partial charge in [0, 0.05) is 19.5 Å². The Morgan fingerprint density at radius 3 is 2.56 bits per heavy atom. The molecule has 1 aliphatic carbocycles. The fourth-order valence-electron chi connectivity index (χ4n) is 4.02. The highest BCUT2D eigenvalue weighted by Crippen LogP contribution is 2.26. The van der Waals surface area contributed by atoms with Gasteiger partial charge in [0.1, 0.15) is 0 Å². The van der Waals surface area contributed by atoms with Crippen molar-refractivity contribution in [1.29, 1.82) is 0 Å². The van der Waals surface area contributed by atoms with Crippen molar-refractivity contribution in [2.45, 2.75) is 51.6 Å². The highest BCUT2D eigenvalue weighted by molar-refractivity contribution is 5.76. The minimum Gasteiger partial charge on any atom is -0.352 e. The second kappa shape index (κ2) is 8.38. The molecule has 0 radical (unpaired) electrons. The first kappa shape index (κ1) is 17.8. The van der Waals surface area contributed by atoms with Crippen LogP contribution >= 0.6 is 0 Å². The molecule has 140 valence electrons. The molecular formula is C23H27N3O. The molecule has 1 aromatic heterocycles. The number of nitrogens with zero attached hydrogens (tertiary/aromatic N) is 2. The van der Waals surface area contributed by atoms with Gasteiger partial charge in [0.2, 0.25) is 5.91 Å². The van der Waals surface area contributed by atoms with Crippen LogP contribution in [-0.2, 0) is 17.9 Å². The maximum Gasteiger partial charge on any atom is 0.220 e. The average molecular weight is 361 g/mol. The molecule has 0 aliphatic heterocycles. The van der Waals surface area contributed by atoms with E-state index in [0.717, 1.165) is 23.1 Å². The van der Waals surface area contributed by atoms with Crippen LogP contribution in [0.1, 0.15) is 49.7 Å². The second-order valence-electron chi connectivity index (χ2n) is 7.66. The number of hydrogen-bond donors (Lipinski definition) is 1. The Kier molecular flexibility index (Phi) is 5.52. The number of benzene rings is 2. The van der Waals surface area contributed by atoms with Gasteiger partial charge in [0.05, 0.1) is 17.4 Å². The molecule has 3 aromatic rings. The van der Waals surface area contributed by atoms with Crippen LogP contribution < -0.4 is 5.32 Å². The van der Waals surface area contributed by atoms with Gasteiger partial charge in [0.15, 0.2) is 0 Å². The number of amides is 1. The van der Waals surface area contributed by atoms with Gasteiger partial charge >= 0.3 is 0 Å². The summed E-state index contributed by atoms with van der Waals surface area (Å²) in [4.78, 5) is 16.6. The summed E-state index contributed by atoms with van der Waals surface area (Å²) in [5.74, 6) is 0.780. The lowest BCUT2D eigenvalue weighted by atomic mass is 9.87. The highest BCUT2D eigenvalue weighted by Gasteiger charge is 2.16. The van der Waals surface area contributed by atoms with Crippen molar-refractivity contribution >= 4 is 16.9 Å². The third-order valence-electron chi connectivity index (χ3n) is 5.59. The molecule has 1 saturated carbocycles. The number of rotatable bonds is 6. The zero-order chi connectivity index (χ0) is 18.5. The molecule has 0 bridgehead atoms. The molecule has 1 fully saturated rings. The predicted octanol–water partition coefficient (Wildman–Crippen LogP) is 4.67. The lowest BCUT2D eigenvalue weighted by Crippen LogP contribution is -2.25. The summed E-state index contributed by atoms with van der Waals surface area (Å²) >= 11 is 0. The van der Waals surface area contributed by atoms with Crippen molar-refractivity contribution in [2.24, 2.45) is 5.92 Å². The van der Waals surface area contributed by atoms with Crippen LogP contribution in [0.25, 0.3) is 11.0 Å². The topological polar surface area (TPSA) is 46.9 Å². The fraction of sp³-hybridized carbons (Fsp3) is 0.391. The maximum atomic E-state index is 12.2. The van der Waals surface area contributed by atoms with E-state index < -0.39 is 0 Å². The first-order chi connectivity index (χ1) is 13.3. The van der Waals surface area contributed by atoms with E-state index >= 15 is 0 Å². The van der Waals surface area contributed by atoms with Gasteiger partial charge in [-0.25, -0.2) is 4.98 Å². The van der Waals surface area contributed by atoms with Crippen molar-refractivity contribution in [1.82, 2.24) is 14.9 Å². The van der Waals surface area contributed by atoms with E-state index in [1.54, 1.807) is 0 Å². The van der Waals surface area contributed by atoms with Crippen LogP contribution in [0.2, 0.25) is 0 Å². The van der Waals surface area contributed by atoms with Crippen LogP contribution in [-0.4, -0.2) is 15.5 Å². The SMILES string of the molecule is O=C(CC1CCCCC1)NCc1ccc(Cn2cnc3ccccc32)cc1. The van der Waals surface area contributed by atoms with Gasteiger partial charge in [0.25, 0.3) is 0 Å². The Morgan fingerprint density at radius 1 is 1.00 bits per heavy atom. The van der Waals surface area contributed by atoms with Crippen molar-refractivity contribution in [3.63, 3.8) is 0 Å². The molecular weight excluding hydrogens is 334 g/mol. The smallest absolute Gasteiger partial charge is 0.220 e. The Bertz CT molecular complexity index is 891. The van der Waals surface area contributed by atoms with E-state index in [-0.39, 0.29) is 5.91 Å². The third kappa shape index (κ3) is 4.57. The number of aromatic nitrogens is 2. The standard InChI is InChI=1S/C23H27N3O/c27-23(14-18-6-2-1-3-7-18)24-15-19-10-12-20(13-11-19)16-26-17-25-21-8-4-5-9-22(21)26/h4-5,8-13,17-18H,1-3,6-7,14-16H2,(H,24,27). The molecule has 0 saturated heterocycles. The molecule has 2 aromatic carbocycles. The van der Waals surface area contributed by atoms with Gasteiger partial charge in [-0.3, -0.25) is 4.79 Å². The second-order valence-corrected chi connectivity index (χ2v) is 7.66. The van der Waals surface area contributed by atoms with E-state index in [4.69, 9.17) is 0 Å². The summed E-state index contributed by atoms with van der Waals surface area (Å²) < 4.78 is 2.16. The van der Waals surface area contributed by atoms with Gasteiger partial charge < -0.3 is 9.88 Å². The summed E-state index contributed by atoms with van der Waals surface area (Å²) in [6.07, 6.45) is 8.91. The van der Waals surface area contributed by atoms with Gasteiger partial charge in [-0.05, 0) is 42.0 Å². The molecule has 0 spiro atoms. The van der Waals surface area contributed by atoms with Gasteiger partial charge in [-0.2, -0.15) is 0 Å². The average Bonchev–Trinajstić information content (AvgIpc) is 3.11. The molecule has 4 rings (SSSR count). The molecule has 1 amide bonds. The van der Waals surface area contributed by atoms with Crippen LogP contribution in [0, 0.1) is 5.92 Å². The summed E-state index contributed by atoms with van der Waals surface area (Å²) in [7, 11) is 0. The van der Waals surface area contributed by atoms with E-state index in [0.29, 0.717) is 18.9 Å². The number of carbonyl (C=O) groups is 1. The van der Waals surface area contributed by atoms with Crippen molar-refractivity contribution in [3.05, 3.63) is 66.0 Å². The van der Waals surface area contributed by atoms with Crippen molar-refractivity contribution < 1.29 is 4.79 Å². The number of nitrogens with one attached hydrogen (secondary N) is 1. The molecule has 0 unspecified atom stereocenters. The maximum absolute atomic E-state index is 12.2. The van der Waals surface area contributed by atoms with E-state index in [2.05, 4.69) is 45.2 Å². The Balaban J connectivity index is 1.30. The monoisotopic (exact) mass is 361 g/mol. The largest absolute Gasteiger partial charge is 0.352 e. The quantitative estimate of drug-likeness (QED) is 0.693. The normalized spacial score (nSPS) is 15.1. The first-order valence-corrected chi connectivity index (χ1v) is 10.0. The highest BCUT2D eigenvalue weighted by atomic mass is 16.1. The molecule has 1 N–H and O–H groups in total. The predicted molar refractivity (Wildman–Crippen MR) is 108 cm³/mol. The molecule has 1 aliphatic rings. The molecule has 4 heteroatoms. The zero-order valence-corrected chi connectivity index (χ0v) is 15.7. The lowest BCUT2D eigenvalue weighted by Gasteiger charge is -2.20. The van der Waals surface area contributed by atoms with Crippen molar-refractivity contribution in [2.75, 3.05) is 0 Å². The summed E-state index contributed by atoms with van der Waals surface area (Å²) in [5.41, 5.74) is 4.55. The zero-order valence-electron chi connectivity index (χ0n) is 15.7. The van der Waals surface area contributed by atoms with Gasteiger partial charge in [-0.15, -0.1) is 0 Å². The van der Waals surface area contributed by atoms with Crippen LogP contribution in [0.4, 0.5) is 0 Å². The first-order valence-electron chi connectivity index (χ1n) is 10.0. The van der Waals surface area contributed by atoms with E-state index in [9.17, 15) is 4.79 Å².